The van der Waals surface area contributed by atoms with Gasteiger partial charge in [-0.05, 0) is 48.7 Å². The number of hydrogen-bond donors (Lipinski definition) is 2. The van der Waals surface area contributed by atoms with Gasteiger partial charge in [-0.15, -0.1) is 0 Å². The van der Waals surface area contributed by atoms with Crippen LogP contribution in [0.3, 0.4) is 0 Å². The van der Waals surface area contributed by atoms with Crippen LogP contribution in [0.15, 0.2) is 38.6 Å². The minimum atomic E-state index is -0.441. The zero-order chi connectivity index (χ0) is 21.7. The molecule has 0 saturated heterocycles. The zero-order valence-electron chi connectivity index (χ0n) is 17.4. The molecule has 0 spiro atoms. The molecule has 2 aromatic carbocycles. The summed E-state index contributed by atoms with van der Waals surface area (Å²) in [6, 6.07) is 6.86. The molecule has 8 nitrogen and oxygen atoms in total. The van der Waals surface area contributed by atoms with E-state index in [2.05, 4.69) is 10.5 Å². The van der Waals surface area contributed by atoms with Crippen LogP contribution in [0.5, 0.6) is 23.0 Å². The Hall–Kier alpha value is -3.68. The third-order valence-electron chi connectivity index (χ3n) is 5.70. The third-order valence-corrected chi connectivity index (χ3v) is 5.70. The second-order valence-electron chi connectivity index (χ2n) is 7.73. The molecule has 0 aliphatic carbocycles. The molecule has 0 unspecified atom stereocenters. The molecule has 0 fully saturated rings. The van der Waals surface area contributed by atoms with Gasteiger partial charge in [0.05, 0.1) is 24.2 Å². The number of phenolic OH excluding ortho intramolecular Hbond substituents is 1. The number of aryl methyl sites for hydroxylation is 2. The van der Waals surface area contributed by atoms with E-state index in [0.717, 1.165) is 16.8 Å². The van der Waals surface area contributed by atoms with Crippen molar-refractivity contribution in [3.05, 3.63) is 56.9 Å². The van der Waals surface area contributed by atoms with Gasteiger partial charge in [0, 0.05) is 18.1 Å². The maximum atomic E-state index is 11.7. The van der Waals surface area contributed by atoms with E-state index in [1.807, 2.05) is 19.1 Å². The number of aromatic hydroxyl groups is 1. The van der Waals surface area contributed by atoms with Gasteiger partial charge in [0.1, 0.15) is 24.5 Å². The highest BCUT2D eigenvalue weighted by atomic mass is 16.6. The van der Waals surface area contributed by atoms with Crippen LogP contribution >= 0.6 is 0 Å². The summed E-state index contributed by atoms with van der Waals surface area (Å²) in [5.41, 5.74) is 6.83. The molecule has 2 aliphatic rings. The fourth-order valence-electron chi connectivity index (χ4n) is 4.27. The van der Waals surface area contributed by atoms with Crippen LogP contribution in [-0.4, -0.2) is 31.1 Å². The number of methoxy groups -OCH3 is 1. The van der Waals surface area contributed by atoms with Gasteiger partial charge in [0.25, 0.3) is 0 Å². The van der Waals surface area contributed by atoms with Gasteiger partial charge in [-0.2, -0.15) is 5.10 Å². The molecule has 1 aromatic heterocycles. The molecule has 0 bridgehead atoms. The highest BCUT2D eigenvalue weighted by Crippen LogP contribution is 2.43. The van der Waals surface area contributed by atoms with E-state index in [1.54, 1.807) is 20.1 Å². The molecule has 1 atom stereocenters. The van der Waals surface area contributed by atoms with Crippen molar-refractivity contribution in [2.45, 2.75) is 26.3 Å². The number of hydrazone groups is 1. The summed E-state index contributed by atoms with van der Waals surface area (Å²) in [5.74, 6) is 1.93. The molecule has 8 heteroatoms. The lowest BCUT2D eigenvalue weighted by Gasteiger charge is -2.22. The SMILES string of the molecule is COc1cc([C@H]2CC(c3c(C)cc4oc(=O)cc(C)c4c3O)=NN2)cc2c1OCCO2. The molecule has 5 rings (SSSR count). The van der Waals surface area contributed by atoms with E-state index in [9.17, 15) is 9.90 Å². The first-order chi connectivity index (χ1) is 15.0. The van der Waals surface area contributed by atoms with Crippen molar-refractivity contribution >= 4 is 16.7 Å². The summed E-state index contributed by atoms with van der Waals surface area (Å²) in [6.45, 7) is 4.60. The Kier molecular flexibility index (Phi) is 4.50. The molecule has 31 heavy (non-hydrogen) atoms. The van der Waals surface area contributed by atoms with Crippen molar-refractivity contribution in [1.29, 1.82) is 0 Å². The highest BCUT2D eigenvalue weighted by molar-refractivity contribution is 6.09. The van der Waals surface area contributed by atoms with Gasteiger partial charge >= 0.3 is 5.63 Å². The number of phenols is 1. The van der Waals surface area contributed by atoms with Crippen LogP contribution < -0.4 is 25.3 Å². The molecule has 2 aliphatic heterocycles. The van der Waals surface area contributed by atoms with E-state index >= 15 is 0 Å². The minimum Gasteiger partial charge on any atom is -0.506 e. The minimum absolute atomic E-state index is 0.0669. The maximum Gasteiger partial charge on any atom is 0.336 e. The lowest BCUT2D eigenvalue weighted by molar-refractivity contribution is 0.164. The fraction of sp³-hybridized carbons (Fsp3) is 0.304. The maximum absolute atomic E-state index is 11.7. The van der Waals surface area contributed by atoms with Gasteiger partial charge in [-0.1, -0.05) is 0 Å². The molecule has 0 saturated carbocycles. The lowest BCUT2D eigenvalue weighted by atomic mass is 9.93. The average molecular weight is 422 g/mol. The Bertz CT molecular complexity index is 1280. The lowest BCUT2D eigenvalue weighted by Crippen LogP contribution is -2.17. The molecular weight excluding hydrogens is 400 g/mol. The van der Waals surface area contributed by atoms with E-state index in [-0.39, 0.29) is 11.8 Å². The van der Waals surface area contributed by atoms with Gasteiger partial charge < -0.3 is 29.2 Å². The Labute approximate surface area is 178 Å². The van der Waals surface area contributed by atoms with Crippen LogP contribution in [0, 0.1) is 13.8 Å². The Balaban J connectivity index is 1.52. The Morgan fingerprint density at radius 1 is 1.13 bits per heavy atom. The Morgan fingerprint density at radius 2 is 1.94 bits per heavy atom. The summed E-state index contributed by atoms with van der Waals surface area (Å²) in [7, 11) is 1.60. The molecule has 3 heterocycles. The van der Waals surface area contributed by atoms with Gasteiger partial charge in [0.2, 0.25) is 5.75 Å². The monoisotopic (exact) mass is 422 g/mol. The topological polar surface area (TPSA) is 103 Å². The van der Waals surface area contributed by atoms with Gasteiger partial charge in [-0.3, -0.25) is 0 Å². The van der Waals surface area contributed by atoms with Crippen molar-refractivity contribution in [2.24, 2.45) is 5.10 Å². The Morgan fingerprint density at radius 3 is 2.74 bits per heavy atom. The largest absolute Gasteiger partial charge is 0.506 e. The summed E-state index contributed by atoms with van der Waals surface area (Å²) >= 11 is 0. The summed E-state index contributed by atoms with van der Waals surface area (Å²) in [5, 5.41) is 16.1. The van der Waals surface area contributed by atoms with Crippen LogP contribution in [0.2, 0.25) is 0 Å². The molecular formula is C23H22N2O6. The number of nitrogens with zero attached hydrogens (tertiary/aromatic N) is 1. The quantitative estimate of drug-likeness (QED) is 0.624. The van der Waals surface area contributed by atoms with Crippen molar-refractivity contribution in [1.82, 2.24) is 5.43 Å². The normalized spacial score (nSPS) is 17.4. The van der Waals surface area contributed by atoms with Crippen LogP contribution in [0.1, 0.15) is 34.7 Å². The van der Waals surface area contributed by atoms with E-state index < -0.39 is 5.63 Å². The van der Waals surface area contributed by atoms with E-state index in [1.165, 1.54) is 6.07 Å². The average Bonchev–Trinajstić information content (AvgIpc) is 3.21. The number of benzene rings is 2. The summed E-state index contributed by atoms with van der Waals surface area (Å²) < 4.78 is 22.2. The predicted octanol–water partition coefficient (Wildman–Crippen LogP) is 3.33. The van der Waals surface area contributed by atoms with Crippen LogP contribution in [0.25, 0.3) is 11.0 Å². The van der Waals surface area contributed by atoms with Crippen LogP contribution in [0.4, 0.5) is 0 Å². The molecule has 2 N–H and O–H groups in total. The van der Waals surface area contributed by atoms with Crippen molar-refractivity contribution in [3.8, 4) is 23.0 Å². The van der Waals surface area contributed by atoms with Gasteiger partial charge in [0.15, 0.2) is 11.5 Å². The molecule has 3 aromatic rings. The highest BCUT2D eigenvalue weighted by Gasteiger charge is 2.28. The zero-order valence-corrected chi connectivity index (χ0v) is 17.4. The number of ether oxygens (including phenoxy) is 3. The van der Waals surface area contributed by atoms with Gasteiger partial charge in [-0.25, -0.2) is 4.79 Å². The first kappa shape index (κ1) is 19.3. The van der Waals surface area contributed by atoms with Crippen LogP contribution in [-0.2, 0) is 0 Å². The summed E-state index contributed by atoms with van der Waals surface area (Å²) in [6.07, 6.45) is 0.554. The number of nitrogens with one attached hydrogen (secondary N) is 1. The number of fused-ring (bicyclic) bond motifs is 2. The smallest absolute Gasteiger partial charge is 0.336 e. The first-order valence-corrected chi connectivity index (χ1v) is 10.0. The second-order valence-corrected chi connectivity index (χ2v) is 7.73. The van der Waals surface area contributed by atoms with Crippen molar-refractivity contribution < 1.29 is 23.7 Å². The number of hydrogen-bond acceptors (Lipinski definition) is 8. The van der Waals surface area contributed by atoms with E-state index in [0.29, 0.717) is 59.0 Å². The number of rotatable bonds is 3. The third kappa shape index (κ3) is 3.15. The van der Waals surface area contributed by atoms with Crippen molar-refractivity contribution in [3.63, 3.8) is 0 Å². The van der Waals surface area contributed by atoms with Crippen molar-refractivity contribution in [2.75, 3.05) is 20.3 Å². The molecule has 0 radical (unpaired) electrons. The second kappa shape index (κ2) is 7.23. The van der Waals surface area contributed by atoms with E-state index in [4.69, 9.17) is 18.6 Å². The molecule has 160 valence electrons. The first-order valence-electron chi connectivity index (χ1n) is 10.0. The summed E-state index contributed by atoms with van der Waals surface area (Å²) in [4.78, 5) is 11.7. The standard InChI is InChI=1S/C23H22N2O6/c1-11-6-16-21(12(2)7-19(26)31-16)22(27)20(11)15-10-14(24-25-15)13-8-17(28-3)23-18(9-13)29-4-5-30-23/h6-9,14,24,27H,4-5,10H2,1-3H3/t14-/m1/s1. The molecule has 0 amide bonds. The fourth-order valence-corrected chi connectivity index (χ4v) is 4.27. The predicted molar refractivity (Wildman–Crippen MR) is 115 cm³/mol.